The van der Waals surface area contributed by atoms with Crippen molar-refractivity contribution in [3.05, 3.63) is 66.0 Å². The predicted molar refractivity (Wildman–Crippen MR) is 88.9 cm³/mol. The molecule has 2 aliphatic heterocycles. The maximum Gasteiger partial charge on any atom is 0.254 e. The number of benzene rings is 1. The third-order valence-electron chi connectivity index (χ3n) is 5.06. The smallest absolute Gasteiger partial charge is 0.254 e. The maximum atomic E-state index is 12.7. The van der Waals surface area contributed by atoms with Gasteiger partial charge in [-0.25, -0.2) is 0 Å². The number of nitrogens with zero attached hydrogens (tertiary/aromatic N) is 3. The highest BCUT2D eigenvalue weighted by molar-refractivity contribution is 5.94. The number of aromatic nitrogens is 1. The molecule has 0 saturated carbocycles. The number of rotatable bonds is 3. The van der Waals surface area contributed by atoms with Crippen LogP contribution < -0.4 is 0 Å². The van der Waals surface area contributed by atoms with Crippen LogP contribution in [-0.4, -0.2) is 45.9 Å². The van der Waals surface area contributed by atoms with Gasteiger partial charge in [0.2, 0.25) is 0 Å². The molecule has 23 heavy (non-hydrogen) atoms. The first-order valence-corrected chi connectivity index (χ1v) is 8.30. The summed E-state index contributed by atoms with van der Waals surface area (Å²) in [5.41, 5.74) is 2.11. The van der Waals surface area contributed by atoms with Crippen LogP contribution in [-0.2, 0) is 6.54 Å². The van der Waals surface area contributed by atoms with Crippen molar-refractivity contribution >= 4 is 5.91 Å². The Balaban J connectivity index is 1.46. The number of piperazine rings is 1. The van der Waals surface area contributed by atoms with Crippen molar-refractivity contribution in [2.75, 3.05) is 13.1 Å². The van der Waals surface area contributed by atoms with Gasteiger partial charge in [0.25, 0.3) is 5.91 Å². The molecule has 4 nitrogen and oxygen atoms in total. The summed E-state index contributed by atoms with van der Waals surface area (Å²) in [5.74, 6) is 0.142. The highest BCUT2D eigenvalue weighted by Gasteiger charge is 2.41. The first kappa shape index (κ1) is 14.4. The van der Waals surface area contributed by atoms with Gasteiger partial charge in [0, 0.05) is 49.7 Å². The van der Waals surface area contributed by atoms with Crippen molar-refractivity contribution in [1.82, 2.24) is 14.8 Å². The number of hydrogen-bond donors (Lipinski definition) is 0. The van der Waals surface area contributed by atoms with E-state index >= 15 is 0 Å². The summed E-state index contributed by atoms with van der Waals surface area (Å²) in [5, 5.41) is 0. The van der Waals surface area contributed by atoms with Crippen LogP contribution in [0.25, 0.3) is 0 Å². The molecule has 4 heteroatoms. The zero-order chi connectivity index (χ0) is 15.6. The van der Waals surface area contributed by atoms with Crippen molar-refractivity contribution in [3.63, 3.8) is 0 Å². The molecular weight excluding hydrogens is 286 g/mol. The fourth-order valence-corrected chi connectivity index (χ4v) is 3.89. The predicted octanol–water partition coefficient (Wildman–Crippen LogP) is 2.57. The first-order valence-electron chi connectivity index (χ1n) is 8.30. The number of likely N-dealkylation sites (tertiary alicyclic amines) is 1. The highest BCUT2D eigenvalue weighted by atomic mass is 16.2. The average Bonchev–Trinajstić information content (AvgIpc) is 2.84. The van der Waals surface area contributed by atoms with Crippen LogP contribution in [0.3, 0.4) is 0 Å². The minimum absolute atomic E-state index is 0.142. The summed E-state index contributed by atoms with van der Waals surface area (Å²) in [6.07, 6.45) is 5.76. The second-order valence-electron chi connectivity index (χ2n) is 6.49. The molecule has 0 radical (unpaired) electrons. The lowest BCUT2D eigenvalue weighted by atomic mass is 10.1. The van der Waals surface area contributed by atoms with Crippen LogP contribution in [0.1, 0.15) is 28.8 Å². The van der Waals surface area contributed by atoms with E-state index in [0.717, 1.165) is 25.2 Å². The second-order valence-corrected chi connectivity index (χ2v) is 6.49. The summed E-state index contributed by atoms with van der Waals surface area (Å²) in [6, 6.07) is 15.2. The van der Waals surface area contributed by atoms with Crippen LogP contribution >= 0.6 is 0 Å². The van der Waals surface area contributed by atoms with Gasteiger partial charge in [0.15, 0.2) is 0 Å². The van der Waals surface area contributed by atoms with Gasteiger partial charge in [0.05, 0.1) is 0 Å². The first-order chi connectivity index (χ1) is 11.3. The third-order valence-corrected chi connectivity index (χ3v) is 5.06. The highest BCUT2D eigenvalue weighted by Crippen LogP contribution is 2.32. The van der Waals surface area contributed by atoms with Gasteiger partial charge in [-0.1, -0.05) is 30.3 Å². The van der Waals surface area contributed by atoms with E-state index in [2.05, 4.69) is 40.2 Å². The fraction of sp³-hybridized carbons (Fsp3) is 0.368. The lowest BCUT2D eigenvalue weighted by Gasteiger charge is -2.41. The molecule has 3 heterocycles. The molecule has 2 bridgehead atoms. The van der Waals surface area contributed by atoms with Crippen LogP contribution in [0.15, 0.2) is 54.9 Å². The largest absolute Gasteiger partial charge is 0.336 e. The van der Waals surface area contributed by atoms with Crippen molar-refractivity contribution in [2.45, 2.75) is 31.5 Å². The van der Waals surface area contributed by atoms with Gasteiger partial charge in [-0.3, -0.25) is 14.7 Å². The van der Waals surface area contributed by atoms with Crippen LogP contribution in [0.5, 0.6) is 0 Å². The molecule has 2 unspecified atom stereocenters. The molecule has 2 saturated heterocycles. The molecular formula is C19H21N3O. The Kier molecular flexibility index (Phi) is 3.83. The lowest BCUT2D eigenvalue weighted by molar-refractivity contribution is 0.0423. The normalized spacial score (nSPS) is 23.9. The Hall–Kier alpha value is -2.20. The molecule has 1 amide bonds. The minimum atomic E-state index is 0.142. The number of carbonyl (C=O) groups is 1. The molecule has 0 N–H and O–H groups in total. The van der Waals surface area contributed by atoms with E-state index in [0.29, 0.717) is 12.1 Å². The van der Waals surface area contributed by atoms with Gasteiger partial charge in [-0.15, -0.1) is 0 Å². The quantitative estimate of drug-likeness (QED) is 0.874. The minimum Gasteiger partial charge on any atom is -0.336 e. The van der Waals surface area contributed by atoms with Crippen molar-refractivity contribution in [3.8, 4) is 0 Å². The zero-order valence-electron chi connectivity index (χ0n) is 13.1. The van der Waals surface area contributed by atoms with E-state index < -0.39 is 0 Å². The Labute approximate surface area is 136 Å². The summed E-state index contributed by atoms with van der Waals surface area (Å²) in [7, 11) is 0. The van der Waals surface area contributed by atoms with Crippen LogP contribution in [0, 0.1) is 0 Å². The number of carbonyl (C=O) groups excluding carboxylic acids is 1. The van der Waals surface area contributed by atoms with E-state index in [9.17, 15) is 4.79 Å². The third kappa shape index (κ3) is 2.86. The number of amides is 1. The molecule has 118 valence electrons. The maximum absolute atomic E-state index is 12.7. The van der Waals surface area contributed by atoms with E-state index in [4.69, 9.17) is 0 Å². The topological polar surface area (TPSA) is 36.4 Å². The van der Waals surface area contributed by atoms with Gasteiger partial charge in [-0.05, 0) is 30.5 Å². The van der Waals surface area contributed by atoms with Gasteiger partial charge >= 0.3 is 0 Å². The molecule has 0 spiro atoms. The van der Waals surface area contributed by atoms with Crippen molar-refractivity contribution in [2.24, 2.45) is 0 Å². The zero-order valence-corrected chi connectivity index (χ0v) is 13.1. The molecule has 1 aromatic heterocycles. The molecule has 2 aromatic rings. The number of hydrogen-bond acceptors (Lipinski definition) is 3. The van der Waals surface area contributed by atoms with E-state index in [1.54, 1.807) is 24.5 Å². The summed E-state index contributed by atoms with van der Waals surface area (Å²) in [4.78, 5) is 21.3. The molecule has 1 aromatic carbocycles. The number of pyridine rings is 1. The lowest BCUT2D eigenvalue weighted by Crippen LogP contribution is -2.54. The fourth-order valence-electron chi connectivity index (χ4n) is 3.89. The average molecular weight is 307 g/mol. The summed E-state index contributed by atoms with van der Waals surface area (Å²) < 4.78 is 0. The second kappa shape index (κ2) is 6.13. The Morgan fingerprint density at radius 1 is 1.00 bits per heavy atom. The van der Waals surface area contributed by atoms with Gasteiger partial charge in [-0.2, -0.15) is 0 Å². The Morgan fingerprint density at radius 2 is 1.65 bits per heavy atom. The van der Waals surface area contributed by atoms with E-state index in [1.807, 2.05) is 4.90 Å². The van der Waals surface area contributed by atoms with Crippen molar-refractivity contribution < 1.29 is 4.79 Å². The summed E-state index contributed by atoms with van der Waals surface area (Å²) in [6.45, 7) is 2.67. The van der Waals surface area contributed by atoms with E-state index in [1.165, 1.54) is 18.4 Å². The number of fused-ring (bicyclic) bond motifs is 2. The molecule has 4 rings (SSSR count). The molecule has 2 fully saturated rings. The standard InChI is InChI=1S/C19H21N3O/c23-19(16-8-10-20-11-9-16)21-13-17-6-7-18(14-21)22(17)12-15-4-2-1-3-5-15/h1-5,8-11,17-18H,6-7,12-14H2. The Bertz CT molecular complexity index is 660. The SMILES string of the molecule is O=C(c1ccncc1)N1CC2CCC(C1)N2Cc1ccccc1. The van der Waals surface area contributed by atoms with Crippen molar-refractivity contribution in [1.29, 1.82) is 0 Å². The monoisotopic (exact) mass is 307 g/mol. The molecule has 2 atom stereocenters. The molecule has 0 aliphatic carbocycles. The van der Waals surface area contributed by atoms with Crippen LogP contribution in [0.2, 0.25) is 0 Å². The summed E-state index contributed by atoms with van der Waals surface area (Å²) >= 11 is 0. The van der Waals surface area contributed by atoms with Gasteiger partial charge in [0.1, 0.15) is 0 Å². The molecule has 2 aliphatic rings. The van der Waals surface area contributed by atoms with Crippen LogP contribution in [0.4, 0.5) is 0 Å². The van der Waals surface area contributed by atoms with Gasteiger partial charge < -0.3 is 4.90 Å². The Morgan fingerprint density at radius 3 is 2.30 bits per heavy atom. The van der Waals surface area contributed by atoms with E-state index in [-0.39, 0.29) is 5.91 Å².